The highest BCUT2D eigenvalue weighted by Crippen LogP contribution is 2.34. The van der Waals surface area contributed by atoms with Gasteiger partial charge in [0.15, 0.2) is 5.75 Å². The number of β-lactam (4-membered cyclic amide) rings is 1. The third kappa shape index (κ3) is 5.22. The summed E-state index contributed by atoms with van der Waals surface area (Å²) < 4.78 is 26.7. The number of likely N-dealkylation sites (tertiary alicyclic amines) is 1. The number of carbonyl (C=O) groups excluding carboxylic acids is 1. The molecule has 2 N–H and O–H groups in total. The normalized spacial score (nSPS) is 21.8. The molecule has 2 aromatic rings. The maximum Gasteiger partial charge on any atom is 0.260 e. The Bertz CT molecular complexity index is 932. The highest BCUT2D eigenvalue weighted by Gasteiger charge is 2.30. The molecule has 0 unspecified atom stereocenters. The maximum absolute atomic E-state index is 12.1. The number of halogens is 2. The number of nitrogens with zero attached hydrogens (tertiary/aromatic N) is 3. The Morgan fingerprint density at radius 3 is 2.56 bits per heavy atom. The molecule has 0 aliphatic carbocycles. The Morgan fingerprint density at radius 1 is 1.22 bits per heavy atom. The first kappa shape index (κ1) is 22.9. The largest absolute Gasteiger partial charge is 0.388 e. The van der Waals surface area contributed by atoms with Gasteiger partial charge in [-0.3, -0.25) is 4.79 Å². The maximum atomic E-state index is 12.1. The van der Waals surface area contributed by atoms with E-state index in [1.54, 1.807) is 0 Å². The summed E-state index contributed by atoms with van der Waals surface area (Å²) in [6, 6.07) is 8.84. The second kappa shape index (κ2) is 9.72. The molecule has 4 heterocycles. The number of carbonyl (C=O) groups is 1. The number of piperidine rings is 2. The molecular weight excluding hydrogens is 416 g/mol. The molecule has 3 aliphatic heterocycles. The van der Waals surface area contributed by atoms with Crippen LogP contribution in [-0.2, 0) is 4.79 Å². The van der Waals surface area contributed by atoms with E-state index in [-0.39, 0.29) is 18.9 Å². The van der Waals surface area contributed by atoms with Crippen molar-refractivity contribution in [1.29, 1.82) is 0 Å². The lowest BCUT2D eigenvalue weighted by Crippen LogP contribution is -2.53. The van der Waals surface area contributed by atoms with Gasteiger partial charge < -0.3 is 19.6 Å². The van der Waals surface area contributed by atoms with E-state index in [4.69, 9.17) is 4.84 Å². The van der Waals surface area contributed by atoms with Gasteiger partial charge in [-0.1, -0.05) is 11.7 Å². The lowest BCUT2D eigenvalue weighted by molar-refractivity contribution is -0.154. The quantitative estimate of drug-likeness (QED) is 0.554. The van der Waals surface area contributed by atoms with Crippen LogP contribution in [-0.4, -0.2) is 66.1 Å². The van der Waals surface area contributed by atoms with Crippen molar-refractivity contribution in [3.8, 4) is 5.75 Å². The number of rotatable bonds is 4. The number of benzene rings is 1. The van der Waals surface area contributed by atoms with Gasteiger partial charge in [0.05, 0.1) is 12.1 Å². The summed E-state index contributed by atoms with van der Waals surface area (Å²) in [5.74, 6) is -1.60. The van der Waals surface area contributed by atoms with Gasteiger partial charge in [0.2, 0.25) is 5.91 Å². The van der Waals surface area contributed by atoms with Gasteiger partial charge in [0, 0.05) is 36.5 Å². The van der Waals surface area contributed by atoms with Gasteiger partial charge in [-0.15, -0.1) is 0 Å². The van der Waals surface area contributed by atoms with Crippen LogP contribution in [0, 0.1) is 6.92 Å². The van der Waals surface area contributed by atoms with E-state index in [0.717, 1.165) is 30.8 Å². The number of fused-ring (bicyclic) bond motifs is 1. The van der Waals surface area contributed by atoms with Crippen LogP contribution in [0.2, 0.25) is 0 Å². The SMILES string of the molecule is Cc1cc2c(ONN3CCC3=O)cccc2n1C1CCN(C)CC1.FC1(F)CCCNC1. The van der Waals surface area contributed by atoms with E-state index < -0.39 is 5.92 Å². The number of aromatic nitrogens is 1. The zero-order chi connectivity index (χ0) is 22.7. The minimum absolute atomic E-state index is 0.0556. The number of nitrogens with one attached hydrogen (secondary N) is 2. The minimum Gasteiger partial charge on any atom is -0.388 e. The molecule has 0 saturated carbocycles. The van der Waals surface area contributed by atoms with Gasteiger partial charge in [-0.25, -0.2) is 13.8 Å². The molecule has 1 aromatic carbocycles. The van der Waals surface area contributed by atoms with Crippen molar-refractivity contribution in [2.45, 2.75) is 51.0 Å². The Morgan fingerprint density at radius 2 is 2.00 bits per heavy atom. The van der Waals surface area contributed by atoms with Gasteiger partial charge in [-0.05, 0) is 71.1 Å². The summed E-state index contributed by atoms with van der Waals surface area (Å²) in [6.07, 6.45) is 3.60. The molecule has 7 nitrogen and oxygen atoms in total. The first-order chi connectivity index (χ1) is 15.3. The molecule has 1 aromatic heterocycles. The van der Waals surface area contributed by atoms with Gasteiger partial charge >= 0.3 is 0 Å². The second-order valence-corrected chi connectivity index (χ2v) is 9.00. The van der Waals surface area contributed by atoms with Crippen LogP contribution in [0.25, 0.3) is 10.9 Å². The number of hydrogen-bond acceptors (Lipinski definition) is 5. The van der Waals surface area contributed by atoms with Crippen molar-refractivity contribution in [3.05, 3.63) is 30.0 Å². The fraction of sp³-hybridized carbons (Fsp3) is 0.609. The van der Waals surface area contributed by atoms with E-state index in [1.165, 1.54) is 29.1 Å². The van der Waals surface area contributed by atoms with Crippen molar-refractivity contribution in [2.24, 2.45) is 0 Å². The van der Waals surface area contributed by atoms with Crippen molar-refractivity contribution < 1.29 is 18.4 Å². The van der Waals surface area contributed by atoms with Crippen LogP contribution in [0.5, 0.6) is 5.75 Å². The number of hydrazine groups is 1. The third-order valence-corrected chi connectivity index (χ3v) is 6.48. The summed E-state index contributed by atoms with van der Waals surface area (Å²) in [6.45, 7) is 5.75. The second-order valence-electron chi connectivity index (χ2n) is 9.00. The molecule has 1 amide bonds. The molecule has 5 rings (SSSR count). The Kier molecular flexibility index (Phi) is 6.97. The Hall–Kier alpha value is -2.23. The van der Waals surface area contributed by atoms with Crippen molar-refractivity contribution in [2.75, 3.05) is 39.8 Å². The standard InChI is InChI=1S/C18H24N4O2.C5H9F2N/c1-13-12-15-16(22(13)14-6-9-20(2)10-7-14)4-3-5-17(15)24-19-21-11-8-18(21)23;6-5(7)2-1-3-8-4-5/h3-5,12,14,19H,6-11H2,1-2H3;8H,1-4H2. The number of alkyl halides is 2. The van der Waals surface area contributed by atoms with Crippen molar-refractivity contribution in [1.82, 2.24) is 25.4 Å². The zero-order valence-corrected chi connectivity index (χ0v) is 18.9. The Labute approximate surface area is 187 Å². The lowest BCUT2D eigenvalue weighted by atomic mass is 10.0. The zero-order valence-electron chi connectivity index (χ0n) is 18.9. The summed E-state index contributed by atoms with van der Waals surface area (Å²) in [5.41, 5.74) is 5.22. The number of amides is 1. The average Bonchev–Trinajstić information content (AvgIpc) is 3.10. The van der Waals surface area contributed by atoms with Gasteiger partial charge in [0.25, 0.3) is 5.92 Å². The summed E-state index contributed by atoms with van der Waals surface area (Å²) in [7, 11) is 2.19. The summed E-state index contributed by atoms with van der Waals surface area (Å²) in [4.78, 5) is 19.5. The molecule has 176 valence electrons. The smallest absolute Gasteiger partial charge is 0.260 e. The van der Waals surface area contributed by atoms with Crippen LogP contribution in [0.15, 0.2) is 24.3 Å². The molecule has 9 heteroatoms. The highest BCUT2D eigenvalue weighted by molar-refractivity contribution is 5.87. The van der Waals surface area contributed by atoms with E-state index in [9.17, 15) is 13.6 Å². The first-order valence-electron chi connectivity index (χ1n) is 11.4. The van der Waals surface area contributed by atoms with Crippen LogP contribution < -0.4 is 15.7 Å². The van der Waals surface area contributed by atoms with Crippen LogP contribution in [0.3, 0.4) is 0 Å². The molecule has 32 heavy (non-hydrogen) atoms. The van der Waals surface area contributed by atoms with E-state index >= 15 is 0 Å². The van der Waals surface area contributed by atoms with Gasteiger partial charge in [-0.2, -0.15) is 0 Å². The van der Waals surface area contributed by atoms with Crippen molar-refractivity contribution >= 4 is 16.8 Å². The highest BCUT2D eigenvalue weighted by atomic mass is 19.3. The van der Waals surface area contributed by atoms with Crippen LogP contribution >= 0.6 is 0 Å². The first-order valence-corrected chi connectivity index (χ1v) is 11.4. The molecule has 3 saturated heterocycles. The fourth-order valence-electron chi connectivity index (χ4n) is 4.53. The number of hydrogen-bond donors (Lipinski definition) is 2. The molecular formula is C23H33F2N5O2. The third-order valence-electron chi connectivity index (χ3n) is 6.48. The molecule has 0 radical (unpaired) electrons. The topological polar surface area (TPSA) is 61.8 Å². The number of aryl methyl sites for hydroxylation is 1. The van der Waals surface area contributed by atoms with E-state index in [0.29, 0.717) is 25.4 Å². The molecule has 0 spiro atoms. The van der Waals surface area contributed by atoms with E-state index in [2.05, 4.69) is 46.5 Å². The predicted octanol–water partition coefficient (Wildman–Crippen LogP) is 3.25. The molecule has 0 atom stereocenters. The minimum atomic E-state index is -2.43. The average molecular weight is 450 g/mol. The van der Waals surface area contributed by atoms with Crippen LogP contribution in [0.1, 0.15) is 43.8 Å². The molecule has 3 aliphatic rings. The summed E-state index contributed by atoms with van der Waals surface area (Å²) in [5, 5.41) is 5.22. The fourth-order valence-corrected chi connectivity index (χ4v) is 4.53. The van der Waals surface area contributed by atoms with Crippen LogP contribution in [0.4, 0.5) is 8.78 Å². The predicted molar refractivity (Wildman–Crippen MR) is 120 cm³/mol. The summed E-state index contributed by atoms with van der Waals surface area (Å²) >= 11 is 0. The monoisotopic (exact) mass is 449 g/mol. The Balaban J connectivity index is 0.000000260. The lowest BCUT2D eigenvalue weighted by Gasteiger charge is -2.31. The van der Waals surface area contributed by atoms with Gasteiger partial charge in [0.1, 0.15) is 0 Å². The molecule has 0 bridgehead atoms. The molecule has 3 fully saturated rings. The van der Waals surface area contributed by atoms with Crippen molar-refractivity contribution in [3.63, 3.8) is 0 Å². The van der Waals surface area contributed by atoms with E-state index in [1.807, 2.05) is 12.1 Å².